The molecule has 0 amide bonds. The van der Waals surface area contributed by atoms with E-state index in [1.807, 2.05) is 38.1 Å². The lowest BCUT2D eigenvalue weighted by molar-refractivity contribution is 0.848. The van der Waals surface area contributed by atoms with Crippen LogP contribution in [0.1, 0.15) is 13.8 Å². The van der Waals surface area contributed by atoms with Gasteiger partial charge in [0.05, 0.1) is 5.69 Å². The maximum atomic E-state index is 5.83. The molecule has 0 saturated heterocycles. The van der Waals surface area contributed by atoms with E-state index >= 15 is 0 Å². The normalized spacial score (nSPS) is 10.8. The minimum atomic E-state index is 0.271. The van der Waals surface area contributed by atoms with Crippen LogP contribution >= 0.6 is 15.9 Å². The van der Waals surface area contributed by atoms with E-state index in [-0.39, 0.29) is 6.04 Å². The topological polar surface area (TPSA) is 68.8 Å². The van der Waals surface area contributed by atoms with Crippen molar-refractivity contribution in [1.82, 2.24) is 14.8 Å². The molecule has 2 rings (SSSR count). The van der Waals surface area contributed by atoms with Gasteiger partial charge in [0.15, 0.2) is 0 Å². The standard InChI is InChI=1S/C11H14BrN5/c1-7(2)14-11-15-10(13)17(16-11)9-5-3-4-8(12)6-9/h3-7H,1-2H3,(H3,13,14,15,16). The largest absolute Gasteiger partial charge is 0.368 e. The lowest BCUT2D eigenvalue weighted by atomic mass is 10.3. The predicted molar refractivity (Wildman–Crippen MR) is 72.2 cm³/mol. The van der Waals surface area contributed by atoms with Crippen LogP contribution in [-0.2, 0) is 0 Å². The maximum absolute atomic E-state index is 5.83. The zero-order valence-electron chi connectivity index (χ0n) is 9.68. The number of nitrogens with zero attached hydrogens (tertiary/aromatic N) is 3. The molecule has 1 aromatic carbocycles. The van der Waals surface area contributed by atoms with Crippen molar-refractivity contribution in [2.45, 2.75) is 19.9 Å². The third-order valence-corrected chi connectivity index (χ3v) is 2.60. The highest BCUT2D eigenvalue weighted by atomic mass is 79.9. The number of aromatic nitrogens is 3. The van der Waals surface area contributed by atoms with Gasteiger partial charge >= 0.3 is 0 Å². The average Bonchev–Trinajstić information content (AvgIpc) is 2.58. The number of benzene rings is 1. The third kappa shape index (κ3) is 2.76. The molecule has 1 heterocycles. The van der Waals surface area contributed by atoms with E-state index < -0.39 is 0 Å². The van der Waals surface area contributed by atoms with Gasteiger partial charge in [-0.2, -0.15) is 9.67 Å². The lowest BCUT2D eigenvalue weighted by Crippen LogP contribution is -2.11. The highest BCUT2D eigenvalue weighted by Crippen LogP contribution is 2.18. The van der Waals surface area contributed by atoms with Crippen LogP contribution in [0.15, 0.2) is 28.7 Å². The highest BCUT2D eigenvalue weighted by molar-refractivity contribution is 9.10. The Hall–Kier alpha value is -1.56. The van der Waals surface area contributed by atoms with Gasteiger partial charge in [0.1, 0.15) is 0 Å². The highest BCUT2D eigenvalue weighted by Gasteiger charge is 2.09. The van der Waals surface area contributed by atoms with Crippen LogP contribution in [0.3, 0.4) is 0 Å². The number of nitrogens with two attached hydrogens (primary N) is 1. The summed E-state index contributed by atoms with van der Waals surface area (Å²) >= 11 is 3.41. The third-order valence-electron chi connectivity index (χ3n) is 2.10. The minimum absolute atomic E-state index is 0.271. The fourth-order valence-corrected chi connectivity index (χ4v) is 1.83. The second kappa shape index (κ2) is 4.75. The van der Waals surface area contributed by atoms with Crippen LogP contribution in [0, 0.1) is 0 Å². The smallest absolute Gasteiger partial charge is 0.244 e. The van der Waals surface area contributed by atoms with E-state index in [9.17, 15) is 0 Å². The van der Waals surface area contributed by atoms with Crippen molar-refractivity contribution in [3.8, 4) is 5.69 Å². The summed E-state index contributed by atoms with van der Waals surface area (Å²) in [7, 11) is 0. The zero-order valence-corrected chi connectivity index (χ0v) is 11.3. The van der Waals surface area contributed by atoms with Crippen molar-refractivity contribution in [2.24, 2.45) is 0 Å². The maximum Gasteiger partial charge on any atom is 0.244 e. The number of anilines is 2. The molecule has 0 fully saturated rings. The molecule has 0 radical (unpaired) electrons. The average molecular weight is 296 g/mol. The zero-order chi connectivity index (χ0) is 12.4. The Balaban J connectivity index is 2.36. The van der Waals surface area contributed by atoms with Gasteiger partial charge in [-0.15, -0.1) is 5.10 Å². The Labute approximate surface area is 108 Å². The van der Waals surface area contributed by atoms with Crippen LogP contribution < -0.4 is 11.1 Å². The van der Waals surface area contributed by atoms with E-state index in [1.54, 1.807) is 4.68 Å². The molecule has 0 atom stereocenters. The van der Waals surface area contributed by atoms with Crippen molar-refractivity contribution >= 4 is 27.8 Å². The fourth-order valence-electron chi connectivity index (χ4n) is 1.44. The first-order chi connectivity index (χ1) is 8.06. The van der Waals surface area contributed by atoms with Gasteiger partial charge in [-0.05, 0) is 32.0 Å². The molecule has 2 aromatic rings. The first-order valence-corrected chi connectivity index (χ1v) is 6.10. The summed E-state index contributed by atoms with van der Waals surface area (Å²) in [6.07, 6.45) is 0. The van der Waals surface area contributed by atoms with Gasteiger partial charge in [0, 0.05) is 10.5 Å². The molecule has 0 bridgehead atoms. The van der Waals surface area contributed by atoms with Gasteiger partial charge in [0.2, 0.25) is 11.9 Å². The van der Waals surface area contributed by atoms with Gasteiger partial charge < -0.3 is 11.1 Å². The Morgan fingerprint density at radius 3 is 2.82 bits per heavy atom. The van der Waals surface area contributed by atoms with E-state index in [4.69, 9.17) is 5.73 Å². The van der Waals surface area contributed by atoms with Crippen LogP contribution in [0.2, 0.25) is 0 Å². The molecule has 1 aromatic heterocycles. The lowest BCUT2D eigenvalue weighted by Gasteiger charge is -2.04. The van der Waals surface area contributed by atoms with E-state index in [2.05, 4.69) is 31.3 Å². The van der Waals surface area contributed by atoms with Gasteiger partial charge in [-0.1, -0.05) is 22.0 Å². The summed E-state index contributed by atoms with van der Waals surface area (Å²) in [5.74, 6) is 0.906. The molecule has 3 N–H and O–H groups in total. The Morgan fingerprint density at radius 1 is 1.41 bits per heavy atom. The molecule has 90 valence electrons. The van der Waals surface area contributed by atoms with E-state index in [0.717, 1.165) is 10.2 Å². The van der Waals surface area contributed by atoms with Gasteiger partial charge in [-0.25, -0.2) is 0 Å². The second-order valence-electron chi connectivity index (χ2n) is 3.98. The number of rotatable bonds is 3. The molecule has 0 saturated carbocycles. The molecule has 6 heteroatoms. The van der Waals surface area contributed by atoms with Gasteiger partial charge in [-0.3, -0.25) is 0 Å². The summed E-state index contributed by atoms with van der Waals surface area (Å²) in [6, 6.07) is 8.01. The summed E-state index contributed by atoms with van der Waals surface area (Å²) in [5, 5.41) is 7.43. The second-order valence-corrected chi connectivity index (χ2v) is 4.90. The summed E-state index contributed by atoms with van der Waals surface area (Å²) in [6.45, 7) is 4.05. The molecular formula is C11H14BrN5. The summed E-state index contributed by atoms with van der Waals surface area (Å²) in [4.78, 5) is 4.16. The molecule has 0 unspecified atom stereocenters. The molecule has 17 heavy (non-hydrogen) atoms. The van der Waals surface area contributed by atoms with Crippen molar-refractivity contribution in [1.29, 1.82) is 0 Å². The van der Waals surface area contributed by atoms with Crippen LogP contribution in [0.4, 0.5) is 11.9 Å². The minimum Gasteiger partial charge on any atom is -0.368 e. The summed E-state index contributed by atoms with van der Waals surface area (Å²) in [5.41, 5.74) is 6.71. The van der Waals surface area contributed by atoms with Crippen LogP contribution in [0.25, 0.3) is 5.69 Å². The number of nitrogen functional groups attached to an aromatic ring is 1. The van der Waals surface area contributed by atoms with E-state index in [1.165, 1.54) is 0 Å². The van der Waals surface area contributed by atoms with E-state index in [0.29, 0.717) is 11.9 Å². The number of nitrogens with one attached hydrogen (secondary N) is 1. The molecule has 5 nitrogen and oxygen atoms in total. The number of hydrogen-bond donors (Lipinski definition) is 2. The van der Waals surface area contributed by atoms with Crippen molar-refractivity contribution in [3.63, 3.8) is 0 Å². The summed E-state index contributed by atoms with van der Waals surface area (Å²) < 4.78 is 2.58. The Morgan fingerprint density at radius 2 is 2.18 bits per heavy atom. The van der Waals surface area contributed by atoms with Crippen LogP contribution in [0.5, 0.6) is 0 Å². The molecule has 0 aliphatic carbocycles. The fraction of sp³-hybridized carbons (Fsp3) is 0.273. The van der Waals surface area contributed by atoms with Gasteiger partial charge in [0.25, 0.3) is 0 Å². The monoisotopic (exact) mass is 295 g/mol. The Bertz CT molecular complexity index is 520. The number of halogens is 1. The SMILES string of the molecule is CC(C)Nc1nc(N)n(-c2cccc(Br)c2)n1. The molecule has 0 spiro atoms. The quantitative estimate of drug-likeness (QED) is 0.912. The molecule has 0 aliphatic rings. The van der Waals surface area contributed by atoms with Crippen molar-refractivity contribution < 1.29 is 0 Å². The molecule has 0 aliphatic heterocycles. The van der Waals surface area contributed by atoms with Crippen LogP contribution in [-0.4, -0.2) is 20.8 Å². The predicted octanol–water partition coefficient (Wildman–Crippen LogP) is 2.43. The van der Waals surface area contributed by atoms with Crippen molar-refractivity contribution in [2.75, 3.05) is 11.1 Å². The Kier molecular flexibility index (Phi) is 3.33. The number of hydrogen-bond acceptors (Lipinski definition) is 4. The molecular weight excluding hydrogens is 282 g/mol. The first kappa shape index (κ1) is 11.9. The first-order valence-electron chi connectivity index (χ1n) is 5.31. The van der Waals surface area contributed by atoms with Crippen molar-refractivity contribution in [3.05, 3.63) is 28.7 Å².